The summed E-state index contributed by atoms with van der Waals surface area (Å²) in [5.74, 6) is 5.63. The summed E-state index contributed by atoms with van der Waals surface area (Å²) in [6, 6.07) is 19.3. The van der Waals surface area contributed by atoms with Crippen molar-refractivity contribution < 1.29 is 46.1 Å². The van der Waals surface area contributed by atoms with Crippen LogP contribution in [-0.2, 0) is 21.3 Å². The largest absolute Gasteiger partial charge is 1.00 e. The molecule has 4 bridgehead atoms. The Morgan fingerprint density at radius 3 is 1.42 bits per heavy atom. The van der Waals surface area contributed by atoms with Crippen LogP contribution in [0.5, 0.6) is 0 Å². The number of hydrogen-bond acceptors (Lipinski definition) is 0. The molecule has 8 atom stereocenters. The minimum absolute atomic E-state index is 0. The van der Waals surface area contributed by atoms with E-state index in [0.29, 0.717) is 7.25 Å². The topological polar surface area (TPSA) is 0 Å². The molecule has 4 fully saturated rings. The monoisotopic (exact) mass is 620 g/mol. The van der Waals surface area contributed by atoms with Crippen molar-refractivity contribution in [1.29, 1.82) is 0 Å². The van der Waals surface area contributed by atoms with E-state index in [1.165, 1.54) is 51.4 Å². The third-order valence-electron chi connectivity index (χ3n) is 11.4. The fourth-order valence-electron chi connectivity index (χ4n) is 10.0. The molecule has 0 spiro atoms. The van der Waals surface area contributed by atoms with Crippen molar-refractivity contribution in [3.63, 3.8) is 0 Å². The molecule has 0 saturated heterocycles. The standard InChI is InChI=1S/2C16H17.C3H6.2ClH.Zr/c2*1-2-4-14-12(3-1)7-8-15(14)16-10-11-5-6-13(16)9-11;1-3-2;;;/h2*1-4,7-8,11,13,16H,5-6,9-10H2;1-2H3;2*1H;/q;;;;;+2/p-2. The van der Waals surface area contributed by atoms with E-state index in [0.717, 1.165) is 35.5 Å². The average molecular weight is 623 g/mol. The van der Waals surface area contributed by atoms with E-state index in [4.69, 9.17) is 0 Å². The molecule has 8 unspecified atom stereocenters. The normalized spacial score (nSPS) is 35.0. The first-order chi connectivity index (χ1) is 17.7. The van der Waals surface area contributed by atoms with Crippen LogP contribution in [0.4, 0.5) is 0 Å². The van der Waals surface area contributed by atoms with Gasteiger partial charge in [0.15, 0.2) is 0 Å². The van der Waals surface area contributed by atoms with Gasteiger partial charge in [0.1, 0.15) is 0 Å². The number of hydrogen-bond donors (Lipinski definition) is 0. The van der Waals surface area contributed by atoms with Gasteiger partial charge in [-0.25, -0.2) is 0 Å². The summed E-state index contributed by atoms with van der Waals surface area (Å²) >= 11 is -2.10. The third kappa shape index (κ3) is 4.20. The SMILES string of the molecule is C[C](C)=[Zr+2]([CH]1C=C(C2CC3CCC2C3)c2ccccc21)[CH]1C=C(C2CC3CCC2C3)c2ccccc21.[Cl-].[Cl-]. The molecule has 38 heavy (non-hydrogen) atoms. The smallest absolute Gasteiger partial charge is 1.00 e. The molecule has 6 aliphatic rings. The molecule has 4 saturated carbocycles. The van der Waals surface area contributed by atoms with Crippen molar-refractivity contribution in [2.45, 2.75) is 72.5 Å². The van der Waals surface area contributed by atoms with Crippen molar-refractivity contribution in [2.75, 3.05) is 0 Å². The molecule has 3 heteroatoms. The van der Waals surface area contributed by atoms with Gasteiger partial charge in [0.05, 0.1) is 0 Å². The Morgan fingerprint density at radius 1 is 0.605 bits per heavy atom. The Morgan fingerprint density at radius 2 is 1.05 bits per heavy atom. The first kappa shape index (κ1) is 27.4. The van der Waals surface area contributed by atoms with E-state index in [-0.39, 0.29) is 24.8 Å². The van der Waals surface area contributed by atoms with E-state index < -0.39 is 21.3 Å². The minimum atomic E-state index is -2.10. The molecule has 6 aliphatic carbocycles. The van der Waals surface area contributed by atoms with Crippen LogP contribution in [0.2, 0.25) is 0 Å². The molecule has 0 aliphatic heterocycles. The van der Waals surface area contributed by atoms with Crippen LogP contribution in [-0.4, -0.2) is 3.21 Å². The molecular formula is C35H40Cl2Zr. The van der Waals surface area contributed by atoms with Crippen LogP contribution in [0.25, 0.3) is 11.1 Å². The Labute approximate surface area is 249 Å². The zero-order chi connectivity index (χ0) is 24.0. The van der Waals surface area contributed by atoms with Gasteiger partial charge in [0, 0.05) is 0 Å². The first-order valence-corrected chi connectivity index (χ1v) is 19.0. The van der Waals surface area contributed by atoms with Crippen molar-refractivity contribution in [2.24, 2.45) is 35.5 Å². The molecule has 198 valence electrons. The quantitative estimate of drug-likeness (QED) is 0.492. The number of fused-ring (bicyclic) bond motifs is 6. The second kappa shape index (κ2) is 10.6. The van der Waals surface area contributed by atoms with Crippen LogP contribution in [0.3, 0.4) is 0 Å². The zero-order valence-electron chi connectivity index (χ0n) is 22.8. The number of benzene rings is 2. The summed E-state index contributed by atoms with van der Waals surface area (Å²) in [5, 5.41) is 0. The fourth-order valence-corrected chi connectivity index (χ4v) is 18.7. The van der Waals surface area contributed by atoms with Crippen molar-refractivity contribution in [3.8, 4) is 0 Å². The number of halogens is 2. The molecule has 0 nitrogen and oxygen atoms in total. The van der Waals surface area contributed by atoms with Crippen LogP contribution in [0.1, 0.15) is 94.7 Å². The Bertz CT molecular complexity index is 1240. The predicted octanol–water partition coefficient (Wildman–Crippen LogP) is 2.97. The summed E-state index contributed by atoms with van der Waals surface area (Å²) in [5.41, 5.74) is 10.2. The molecule has 0 radical (unpaired) electrons. The molecular weight excluding hydrogens is 583 g/mol. The van der Waals surface area contributed by atoms with Gasteiger partial charge in [-0.15, -0.1) is 0 Å². The van der Waals surface area contributed by atoms with E-state index in [9.17, 15) is 0 Å². The van der Waals surface area contributed by atoms with E-state index in [1.807, 2.05) is 0 Å². The third-order valence-corrected chi connectivity index (χ3v) is 19.9. The van der Waals surface area contributed by atoms with Crippen LogP contribution in [0, 0.1) is 35.5 Å². The maximum Gasteiger partial charge on any atom is -1.00 e. The maximum absolute atomic E-state index is 2.86. The summed E-state index contributed by atoms with van der Waals surface area (Å²) in [7, 11) is 0. The van der Waals surface area contributed by atoms with Gasteiger partial charge in [-0.3, -0.25) is 0 Å². The molecule has 0 amide bonds. The molecule has 2 aromatic rings. The van der Waals surface area contributed by atoms with Crippen LogP contribution >= 0.6 is 0 Å². The molecule has 0 heterocycles. The van der Waals surface area contributed by atoms with Gasteiger partial charge in [-0.2, -0.15) is 0 Å². The first-order valence-electron chi connectivity index (χ1n) is 14.9. The Balaban J connectivity index is 0.00000132. The second-order valence-electron chi connectivity index (χ2n) is 13.4. The summed E-state index contributed by atoms with van der Waals surface area (Å²) in [4.78, 5) is 0. The van der Waals surface area contributed by atoms with E-state index >= 15 is 0 Å². The van der Waals surface area contributed by atoms with Gasteiger partial charge in [0.25, 0.3) is 0 Å². The minimum Gasteiger partial charge on any atom is -1.00 e. The van der Waals surface area contributed by atoms with Crippen molar-refractivity contribution in [1.82, 2.24) is 0 Å². The Hall–Kier alpha value is -0.747. The second-order valence-corrected chi connectivity index (χ2v) is 21.1. The maximum atomic E-state index is 2.86. The number of rotatable bonds is 4. The predicted molar refractivity (Wildman–Crippen MR) is 149 cm³/mol. The Kier molecular flexibility index (Phi) is 7.64. The van der Waals surface area contributed by atoms with Crippen LogP contribution in [0.15, 0.2) is 60.7 Å². The fraction of sp³-hybridized carbons (Fsp3) is 0.514. The van der Waals surface area contributed by atoms with Gasteiger partial charge in [-0.1, -0.05) is 0 Å². The average Bonchev–Trinajstić information content (AvgIpc) is 3.74. The molecule has 0 aromatic heterocycles. The summed E-state index contributed by atoms with van der Waals surface area (Å²) in [6.07, 6.45) is 17.6. The van der Waals surface area contributed by atoms with E-state index in [2.05, 4.69) is 74.5 Å². The van der Waals surface area contributed by atoms with Gasteiger partial charge < -0.3 is 24.8 Å². The van der Waals surface area contributed by atoms with Gasteiger partial charge >= 0.3 is 227 Å². The number of allylic oxidation sites excluding steroid dienone is 4. The van der Waals surface area contributed by atoms with Crippen molar-refractivity contribution >= 4 is 14.4 Å². The van der Waals surface area contributed by atoms with Crippen LogP contribution < -0.4 is 24.8 Å². The van der Waals surface area contributed by atoms with Gasteiger partial charge in [0.2, 0.25) is 0 Å². The summed E-state index contributed by atoms with van der Waals surface area (Å²) < 4.78 is 3.21. The summed E-state index contributed by atoms with van der Waals surface area (Å²) in [6.45, 7) is 5.01. The van der Waals surface area contributed by atoms with Gasteiger partial charge in [-0.05, 0) is 0 Å². The van der Waals surface area contributed by atoms with E-state index in [1.54, 1.807) is 36.6 Å². The molecule has 8 rings (SSSR count). The zero-order valence-corrected chi connectivity index (χ0v) is 26.8. The van der Waals surface area contributed by atoms with Crippen molar-refractivity contribution in [3.05, 3.63) is 82.9 Å². The molecule has 2 aromatic carbocycles. The molecule has 0 N–H and O–H groups in total.